The maximum absolute atomic E-state index is 8.76. The zero-order valence-electron chi connectivity index (χ0n) is 8.16. The monoisotopic (exact) mass is 195 g/mol. The first-order chi connectivity index (χ1) is 6.22. The van der Waals surface area contributed by atoms with E-state index >= 15 is 0 Å². The van der Waals surface area contributed by atoms with Crippen LogP contribution in [0.1, 0.15) is 24.4 Å². The third kappa shape index (κ3) is 1.99. The van der Waals surface area contributed by atoms with Crippen LogP contribution >= 0.6 is 11.3 Å². The van der Waals surface area contributed by atoms with Crippen LogP contribution in [0.2, 0.25) is 0 Å². The highest BCUT2D eigenvalue weighted by Gasteiger charge is 2.10. The molecule has 13 heavy (non-hydrogen) atoms. The number of anilines is 1. The summed E-state index contributed by atoms with van der Waals surface area (Å²) in [6.07, 6.45) is 0. The van der Waals surface area contributed by atoms with Crippen molar-refractivity contribution in [2.75, 3.05) is 18.0 Å². The summed E-state index contributed by atoms with van der Waals surface area (Å²) in [5, 5.41) is 9.72. The fourth-order valence-corrected chi connectivity index (χ4v) is 2.11. The molecule has 1 aromatic rings. The Morgan fingerprint density at radius 1 is 1.46 bits per heavy atom. The minimum absolute atomic E-state index is 0.724. The summed E-state index contributed by atoms with van der Waals surface area (Å²) in [6.45, 7) is 7.93. The SMILES string of the molecule is CCN(CC)c1nc(C)c(C#N)s1. The molecule has 0 unspecified atom stereocenters. The summed E-state index contributed by atoms with van der Waals surface area (Å²) < 4.78 is 0. The number of aromatic nitrogens is 1. The molecule has 0 aliphatic carbocycles. The first-order valence-corrected chi connectivity index (χ1v) is 5.17. The quantitative estimate of drug-likeness (QED) is 0.742. The second-order valence-electron chi connectivity index (χ2n) is 2.70. The van der Waals surface area contributed by atoms with Gasteiger partial charge in [0, 0.05) is 13.1 Å². The van der Waals surface area contributed by atoms with Crippen LogP contribution in [0.5, 0.6) is 0 Å². The van der Waals surface area contributed by atoms with Crippen molar-refractivity contribution >= 4 is 16.5 Å². The van der Waals surface area contributed by atoms with Crippen molar-refractivity contribution in [1.82, 2.24) is 4.98 Å². The van der Waals surface area contributed by atoms with Crippen LogP contribution in [0, 0.1) is 18.3 Å². The van der Waals surface area contributed by atoms with Crippen LogP contribution in [0.4, 0.5) is 5.13 Å². The maximum atomic E-state index is 8.76. The minimum Gasteiger partial charge on any atom is -0.349 e. The van der Waals surface area contributed by atoms with Crippen LogP contribution in [0.25, 0.3) is 0 Å². The molecule has 1 aromatic heterocycles. The van der Waals surface area contributed by atoms with Gasteiger partial charge in [0.2, 0.25) is 0 Å². The van der Waals surface area contributed by atoms with Crippen molar-refractivity contribution < 1.29 is 0 Å². The van der Waals surface area contributed by atoms with Crippen LogP contribution in [-0.2, 0) is 0 Å². The molecule has 0 amide bonds. The third-order valence-electron chi connectivity index (χ3n) is 1.92. The summed E-state index contributed by atoms with van der Waals surface area (Å²) in [5.41, 5.74) is 0.842. The molecule has 0 spiro atoms. The van der Waals surface area contributed by atoms with Crippen molar-refractivity contribution in [1.29, 1.82) is 5.26 Å². The third-order valence-corrected chi connectivity index (χ3v) is 3.04. The lowest BCUT2D eigenvalue weighted by molar-refractivity contribution is 0.857. The van der Waals surface area contributed by atoms with Gasteiger partial charge in [-0.25, -0.2) is 4.98 Å². The van der Waals surface area contributed by atoms with Gasteiger partial charge in [-0.1, -0.05) is 11.3 Å². The van der Waals surface area contributed by atoms with Gasteiger partial charge in [0.25, 0.3) is 0 Å². The summed E-state index contributed by atoms with van der Waals surface area (Å²) >= 11 is 1.47. The molecule has 4 heteroatoms. The van der Waals surface area contributed by atoms with Crippen LogP contribution in [-0.4, -0.2) is 18.1 Å². The zero-order valence-corrected chi connectivity index (χ0v) is 8.98. The fraction of sp³-hybridized carbons (Fsp3) is 0.556. The lowest BCUT2D eigenvalue weighted by Crippen LogP contribution is -2.21. The predicted octanol–water partition coefficient (Wildman–Crippen LogP) is 2.17. The van der Waals surface area contributed by atoms with E-state index in [1.807, 2.05) is 6.92 Å². The molecule has 1 heterocycles. The fourth-order valence-electron chi connectivity index (χ4n) is 1.12. The first kappa shape index (κ1) is 10.0. The highest BCUT2D eigenvalue weighted by Crippen LogP contribution is 2.24. The summed E-state index contributed by atoms with van der Waals surface area (Å²) in [7, 11) is 0. The average Bonchev–Trinajstić information content (AvgIpc) is 2.49. The highest BCUT2D eigenvalue weighted by atomic mass is 32.1. The van der Waals surface area contributed by atoms with Crippen molar-refractivity contribution in [3.63, 3.8) is 0 Å². The Bertz CT molecular complexity index is 320. The van der Waals surface area contributed by atoms with Gasteiger partial charge in [-0.2, -0.15) is 5.26 Å². The van der Waals surface area contributed by atoms with Gasteiger partial charge in [-0.3, -0.25) is 0 Å². The number of nitrogens with zero attached hydrogens (tertiary/aromatic N) is 3. The smallest absolute Gasteiger partial charge is 0.186 e. The Labute approximate surface area is 82.6 Å². The van der Waals surface area contributed by atoms with E-state index in [0.717, 1.165) is 28.8 Å². The van der Waals surface area contributed by atoms with E-state index < -0.39 is 0 Å². The van der Waals surface area contributed by atoms with Crippen LogP contribution in [0.15, 0.2) is 0 Å². The zero-order chi connectivity index (χ0) is 9.84. The van der Waals surface area contributed by atoms with Gasteiger partial charge in [0.1, 0.15) is 10.9 Å². The van der Waals surface area contributed by atoms with E-state index in [4.69, 9.17) is 5.26 Å². The van der Waals surface area contributed by atoms with Gasteiger partial charge in [0.05, 0.1) is 5.69 Å². The molecule has 0 N–H and O–H groups in total. The molecular weight excluding hydrogens is 182 g/mol. The molecule has 0 aliphatic heterocycles. The largest absolute Gasteiger partial charge is 0.349 e. The van der Waals surface area contributed by atoms with Gasteiger partial charge >= 0.3 is 0 Å². The Balaban J connectivity index is 2.96. The molecule has 1 rings (SSSR count). The lowest BCUT2D eigenvalue weighted by Gasteiger charge is -2.16. The molecule has 0 bridgehead atoms. The van der Waals surface area contributed by atoms with Gasteiger partial charge < -0.3 is 4.90 Å². The number of hydrogen-bond donors (Lipinski definition) is 0. The Morgan fingerprint density at radius 2 is 2.08 bits per heavy atom. The molecular formula is C9H13N3S. The maximum Gasteiger partial charge on any atom is 0.186 e. The van der Waals surface area contributed by atoms with Crippen molar-refractivity contribution in [2.45, 2.75) is 20.8 Å². The molecule has 0 aromatic carbocycles. The Morgan fingerprint density at radius 3 is 2.46 bits per heavy atom. The van der Waals surface area contributed by atoms with Crippen LogP contribution in [0.3, 0.4) is 0 Å². The van der Waals surface area contributed by atoms with E-state index in [1.165, 1.54) is 11.3 Å². The summed E-state index contributed by atoms with van der Waals surface area (Å²) in [6, 6.07) is 2.15. The van der Waals surface area contributed by atoms with E-state index in [2.05, 4.69) is 29.8 Å². The molecule has 0 aliphatic rings. The Hall–Kier alpha value is -1.08. The van der Waals surface area contributed by atoms with E-state index in [1.54, 1.807) is 0 Å². The number of nitriles is 1. The molecule has 0 fully saturated rings. The summed E-state index contributed by atoms with van der Waals surface area (Å²) in [5.74, 6) is 0. The normalized spacial score (nSPS) is 9.69. The standard InChI is InChI=1S/C9H13N3S/c1-4-12(5-2)9-11-7(3)8(6-10)13-9/h4-5H2,1-3H3. The lowest BCUT2D eigenvalue weighted by atomic mass is 10.4. The van der Waals surface area contributed by atoms with Gasteiger partial charge in [0.15, 0.2) is 5.13 Å². The minimum atomic E-state index is 0.724. The molecule has 70 valence electrons. The number of hydrogen-bond acceptors (Lipinski definition) is 4. The van der Waals surface area contributed by atoms with Crippen molar-refractivity contribution in [3.05, 3.63) is 10.6 Å². The van der Waals surface area contributed by atoms with E-state index in [9.17, 15) is 0 Å². The predicted molar refractivity (Wildman–Crippen MR) is 55.1 cm³/mol. The summed E-state index contributed by atoms with van der Waals surface area (Å²) in [4.78, 5) is 7.22. The van der Waals surface area contributed by atoms with Crippen molar-refractivity contribution in [2.24, 2.45) is 0 Å². The van der Waals surface area contributed by atoms with E-state index in [-0.39, 0.29) is 0 Å². The molecule has 0 radical (unpaired) electrons. The first-order valence-electron chi connectivity index (χ1n) is 4.35. The van der Waals surface area contributed by atoms with E-state index in [0.29, 0.717) is 0 Å². The second kappa shape index (κ2) is 4.24. The number of aryl methyl sites for hydroxylation is 1. The van der Waals surface area contributed by atoms with Gasteiger partial charge in [-0.05, 0) is 20.8 Å². The van der Waals surface area contributed by atoms with Crippen LogP contribution < -0.4 is 4.90 Å². The topological polar surface area (TPSA) is 39.9 Å². The second-order valence-corrected chi connectivity index (χ2v) is 3.67. The average molecular weight is 195 g/mol. The highest BCUT2D eigenvalue weighted by molar-refractivity contribution is 7.16. The molecule has 0 atom stereocenters. The molecule has 0 saturated heterocycles. The molecule has 3 nitrogen and oxygen atoms in total. The Kier molecular flexibility index (Phi) is 3.26. The number of rotatable bonds is 3. The molecule has 0 saturated carbocycles. The van der Waals surface area contributed by atoms with Crippen molar-refractivity contribution in [3.8, 4) is 6.07 Å². The number of thiazole rings is 1. The van der Waals surface area contributed by atoms with Gasteiger partial charge in [-0.15, -0.1) is 0 Å².